The molecule has 70 valence electrons. The van der Waals surface area contributed by atoms with Crippen molar-refractivity contribution in [2.45, 2.75) is 0 Å². The van der Waals surface area contributed by atoms with Crippen molar-refractivity contribution in [2.24, 2.45) is 0 Å². The monoisotopic (exact) mass is 189 g/mol. The van der Waals surface area contributed by atoms with Crippen molar-refractivity contribution in [3.8, 4) is 11.3 Å². The first kappa shape index (κ1) is 8.43. The van der Waals surface area contributed by atoms with Gasteiger partial charge in [-0.05, 0) is 0 Å². The Morgan fingerprint density at radius 2 is 2.07 bits per heavy atom. The molecule has 0 saturated heterocycles. The van der Waals surface area contributed by atoms with Gasteiger partial charge in [-0.3, -0.25) is 9.59 Å². The van der Waals surface area contributed by atoms with Crippen LogP contribution in [0.3, 0.4) is 0 Å². The third kappa shape index (κ3) is 1.61. The Hall–Kier alpha value is -2.17. The first-order valence-electron chi connectivity index (χ1n) is 3.99. The molecule has 0 saturated carbocycles. The number of nitrogens with one attached hydrogen (secondary N) is 2. The van der Waals surface area contributed by atoms with Crippen LogP contribution in [0.15, 0.2) is 40.2 Å². The van der Waals surface area contributed by atoms with Gasteiger partial charge in [-0.15, -0.1) is 0 Å². The lowest BCUT2D eigenvalue weighted by Crippen LogP contribution is -2.07. The van der Waals surface area contributed by atoms with Gasteiger partial charge < -0.3 is 4.98 Å². The van der Waals surface area contributed by atoms with Crippen LogP contribution in [0.5, 0.6) is 0 Å². The molecular weight excluding hydrogens is 182 g/mol. The molecule has 0 fully saturated rings. The first-order chi connectivity index (χ1) is 6.75. The van der Waals surface area contributed by atoms with Crippen LogP contribution in [-0.4, -0.2) is 15.2 Å². The van der Waals surface area contributed by atoms with E-state index in [-0.39, 0.29) is 11.0 Å². The highest BCUT2D eigenvalue weighted by Crippen LogP contribution is 2.09. The van der Waals surface area contributed by atoms with E-state index in [9.17, 15) is 9.59 Å². The van der Waals surface area contributed by atoms with Crippen LogP contribution < -0.4 is 11.0 Å². The van der Waals surface area contributed by atoms with E-state index in [1.807, 2.05) is 0 Å². The lowest BCUT2D eigenvalue weighted by molar-refractivity contribution is 0.988. The van der Waals surface area contributed by atoms with Crippen LogP contribution in [0, 0.1) is 0 Å². The Morgan fingerprint density at radius 3 is 2.79 bits per heavy atom. The lowest BCUT2D eigenvalue weighted by atomic mass is 10.2. The molecule has 5 heteroatoms. The van der Waals surface area contributed by atoms with Crippen molar-refractivity contribution in [1.82, 2.24) is 15.2 Å². The van der Waals surface area contributed by atoms with Crippen LogP contribution in [0.4, 0.5) is 0 Å². The largest absolute Gasteiger partial charge is 0.361 e. The highest BCUT2D eigenvalue weighted by atomic mass is 16.1. The molecule has 14 heavy (non-hydrogen) atoms. The quantitative estimate of drug-likeness (QED) is 0.669. The second-order valence-corrected chi connectivity index (χ2v) is 2.77. The third-order valence-corrected chi connectivity index (χ3v) is 1.75. The summed E-state index contributed by atoms with van der Waals surface area (Å²) in [6.07, 6.45) is 3.01. The first-order valence-corrected chi connectivity index (χ1v) is 3.99. The van der Waals surface area contributed by atoms with Gasteiger partial charge in [0.05, 0.1) is 11.9 Å². The van der Waals surface area contributed by atoms with Crippen molar-refractivity contribution in [1.29, 1.82) is 0 Å². The van der Waals surface area contributed by atoms with Crippen molar-refractivity contribution < 1.29 is 0 Å². The molecule has 0 amide bonds. The molecule has 2 heterocycles. The van der Waals surface area contributed by atoms with E-state index in [0.717, 1.165) is 0 Å². The maximum atomic E-state index is 11.0. The molecule has 0 unspecified atom stereocenters. The molecule has 5 nitrogen and oxygen atoms in total. The summed E-state index contributed by atoms with van der Waals surface area (Å²) in [6.45, 7) is 0. The van der Waals surface area contributed by atoms with Crippen LogP contribution in [0.1, 0.15) is 0 Å². The Bertz CT molecular complexity index is 504. The second kappa shape index (κ2) is 3.29. The fourth-order valence-electron chi connectivity index (χ4n) is 1.14. The van der Waals surface area contributed by atoms with Gasteiger partial charge in [0, 0.05) is 30.0 Å². The van der Waals surface area contributed by atoms with E-state index in [4.69, 9.17) is 0 Å². The standard InChI is InChI=1S/C9H7N3O2/c13-7-1-2-10-8(4-7)6-3-9(14)12-11-5-6/h1-5H,(H,10,13)(H,12,14). The van der Waals surface area contributed by atoms with Gasteiger partial charge in [-0.2, -0.15) is 5.10 Å². The number of pyridine rings is 1. The number of hydrogen-bond donors (Lipinski definition) is 2. The number of aromatic amines is 2. The zero-order valence-electron chi connectivity index (χ0n) is 7.15. The zero-order chi connectivity index (χ0) is 9.97. The molecule has 0 aliphatic carbocycles. The van der Waals surface area contributed by atoms with E-state index in [2.05, 4.69) is 15.2 Å². The van der Waals surface area contributed by atoms with Crippen molar-refractivity contribution in [3.05, 3.63) is 51.2 Å². The Labute approximate surface area is 78.4 Å². The summed E-state index contributed by atoms with van der Waals surface area (Å²) >= 11 is 0. The Balaban J connectivity index is 2.60. The smallest absolute Gasteiger partial charge is 0.264 e. The minimum absolute atomic E-state index is 0.112. The number of aromatic nitrogens is 3. The van der Waals surface area contributed by atoms with Crippen molar-refractivity contribution in [2.75, 3.05) is 0 Å². The van der Waals surface area contributed by atoms with Gasteiger partial charge in [0.2, 0.25) is 0 Å². The molecule has 0 radical (unpaired) electrons. The van der Waals surface area contributed by atoms with Gasteiger partial charge in [0.15, 0.2) is 5.43 Å². The fraction of sp³-hybridized carbons (Fsp3) is 0. The molecule has 0 bridgehead atoms. The highest BCUT2D eigenvalue weighted by molar-refractivity contribution is 5.56. The molecular formula is C9H7N3O2. The minimum Gasteiger partial charge on any atom is -0.361 e. The number of hydrogen-bond acceptors (Lipinski definition) is 3. The fourth-order valence-corrected chi connectivity index (χ4v) is 1.14. The topological polar surface area (TPSA) is 78.6 Å². The van der Waals surface area contributed by atoms with E-state index in [1.54, 1.807) is 0 Å². The van der Waals surface area contributed by atoms with Gasteiger partial charge in [0.25, 0.3) is 5.56 Å². The van der Waals surface area contributed by atoms with E-state index in [1.165, 1.54) is 30.6 Å². The van der Waals surface area contributed by atoms with E-state index < -0.39 is 0 Å². The number of nitrogens with zero attached hydrogens (tertiary/aromatic N) is 1. The maximum Gasteiger partial charge on any atom is 0.264 e. The summed E-state index contributed by atoms with van der Waals surface area (Å²) in [5.74, 6) is 0. The number of rotatable bonds is 1. The Morgan fingerprint density at radius 1 is 1.21 bits per heavy atom. The summed E-state index contributed by atoms with van der Waals surface area (Å²) in [4.78, 5) is 24.8. The normalized spacial score (nSPS) is 10.0. The molecule has 2 aromatic heterocycles. The summed E-state index contributed by atoms with van der Waals surface area (Å²) in [7, 11) is 0. The predicted octanol–water partition coefficient (Wildman–Crippen LogP) is 0.125. The number of H-pyrrole nitrogens is 2. The van der Waals surface area contributed by atoms with Crippen LogP contribution in [-0.2, 0) is 0 Å². The summed E-state index contributed by atoms with van der Waals surface area (Å²) in [5, 5.41) is 5.89. The third-order valence-electron chi connectivity index (χ3n) is 1.75. The van der Waals surface area contributed by atoms with E-state index >= 15 is 0 Å². The van der Waals surface area contributed by atoms with Gasteiger partial charge in [0.1, 0.15) is 0 Å². The van der Waals surface area contributed by atoms with Gasteiger partial charge in [-0.25, -0.2) is 5.10 Å². The average molecular weight is 189 g/mol. The zero-order valence-corrected chi connectivity index (χ0v) is 7.15. The van der Waals surface area contributed by atoms with Gasteiger partial charge in [-0.1, -0.05) is 0 Å². The molecule has 0 aromatic carbocycles. The molecule has 0 aliphatic heterocycles. The summed E-state index contributed by atoms with van der Waals surface area (Å²) < 4.78 is 0. The minimum atomic E-state index is -0.299. The van der Waals surface area contributed by atoms with Crippen molar-refractivity contribution >= 4 is 0 Å². The van der Waals surface area contributed by atoms with Crippen LogP contribution in [0.2, 0.25) is 0 Å². The highest BCUT2D eigenvalue weighted by Gasteiger charge is 1.98. The molecule has 0 atom stereocenters. The summed E-state index contributed by atoms with van der Waals surface area (Å²) in [5.41, 5.74) is 0.758. The lowest BCUT2D eigenvalue weighted by Gasteiger charge is -1.97. The maximum absolute atomic E-state index is 11.0. The van der Waals surface area contributed by atoms with Crippen molar-refractivity contribution in [3.63, 3.8) is 0 Å². The molecule has 2 rings (SSSR count). The Kier molecular flexibility index (Phi) is 1.98. The summed E-state index contributed by atoms with van der Waals surface area (Å²) in [6, 6.07) is 4.19. The molecule has 2 N–H and O–H groups in total. The average Bonchev–Trinajstić information content (AvgIpc) is 2.18. The van der Waals surface area contributed by atoms with Crippen LogP contribution >= 0.6 is 0 Å². The predicted molar refractivity (Wildman–Crippen MR) is 50.9 cm³/mol. The van der Waals surface area contributed by atoms with Crippen LogP contribution in [0.25, 0.3) is 11.3 Å². The molecule has 0 aliphatic rings. The molecule has 0 spiro atoms. The van der Waals surface area contributed by atoms with Gasteiger partial charge >= 0.3 is 0 Å². The molecule has 2 aromatic rings. The SMILES string of the molecule is O=c1cc[nH]c(-c2cn[nH]c(=O)c2)c1. The second-order valence-electron chi connectivity index (χ2n) is 2.77. The van der Waals surface area contributed by atoms with E-state index in [0.29, 0.717) is 11.3 Å².